The van der Waals surface area contributed by atoms with Crippen molar-refractivity contribution in [2.45, 2.75) is 52.9 Å². The van der Waals surface area contributed by atoms with E-state index in [9.17, 15) is 9.59 Å². The van der Waals surface area contributed by atoms with Gasteiger partial charge in [-0.2, -0.15) is 0 Å². The van der Waals surface area contributed by atoms with Gasteiger partial charge in [0.25, 0.3) is 0 Å². The zero-order valence-corrected chi connectivity index (χ0v) is 17.1. The molecular weight excluding hydrogens is 360 g/mol. The van der Waals surface area contributed by atoms with Crippen LogP contribution in [0.1, 0.15) is 55.2 Å². The first kappa shape index (κ1) is 19.5. The summed E-state index contributed by atoms with van der Waals surface area (Å²) in [5.41, 5.74) is 3.08. The van der Waals surface area contributed by atoms with E-state index in [0.717, 1.165) is 34.7 Å². The van der Waals surface area contributed by atoms with Crippen molar-refractivity contribution >= 4 is 34.0 Å². The summed E-state index contributed by atoms with van der Waals surface area (Å²) in [5.74, 6) is -0.181. The third kappa shape index (κ3) is 4.18. The molecule has 2 amide bonds. The third-order valence-electron chi connectivity index (χ3n) is 5.14. The number of rotatable bonds is 6. The van der Waals surface area contributed by atoms with Crippen LogP contribution in [0.5, 0.6) is 0 Å². The molecule has 1 fully saturated rings. The van der Waals surface area contributed by atoms with Crippen LogP contribution in [-0.2, 0) is 9.59 Å². The van der Waals surface area contributed by atoms with Crippen LogP contribution >= 0.6 is 11.3 Å². The highest BCUT2D eigenvalue weighted by atomic mass is 32.1. The minimum Gasteiger partial charge on any atom is -0.311 e. The summed E-state index contributed by atoms with van der Waals surface area (Å²) < 4.78 is 0. The van der Waals surface area contributed by atoms with Gasteiger partial charge >= 0.3 is 0 Å². The number of aryl methyl sites for hydroxylation is 2. The number of carbonyl (C=O) groups excluding carboxylic acids is 2. The van der Waals surface area contributed by atoms with E-state index < -0.39 is 0 Å². The lowest BCUT2D eigenvalue weighted by atomic mass is 10.1. The van der Waals surface area contributed by atoms with Gasteiger partial charge < -0.3 is 10.2 Å². The second kappa shape index (κ2) is 8.17. The molecular formula is C20H26N4O2S. The number of hydrogen-bond donors (Lipinski definition) is 1. The van der Waals surface area contributed by atoms with Crippen LogP contribution in [0.3, 0.4) is 0 Å². The van der Waals surface area contributed by atoms with Gasteiger partial charge in [-0.25, -0.2) is 0 Å². The fourth-order valence-electron chi connectivity index (χ4n) is 3.52. The third-order valence-corrected chi connectivity index (χ3v) is 6.15. The fourth-order valence-corrected chi connectivity index (χ4v) is 4.53. The van der Waals surface area contributed by atoms with Gasteiger partial charge in [-0.15, -0.1) is 10.2 Å². The van der Waals surface area contributed by atoms with Gasteiger partial charge in [0.05, 0.1) is 5.92 Å². The number of carbonyl (C=O) groups is 2. The Kier molecular flexibility index (Phi) is 5.89. The van der Waals surface area contributed by atoms with E-state index in [2.05, 4.69) is 35.4 Å². The first-order valence-electron chi connectivity index (χ1n) is 9.44. The lowest BCUT2D eigenvalue weighted by Crippen LogP contribution is -2.28. The molecule has 0 bridgehead atoms. The number of aromatic nitrogens is 2. The molecule has 2 heterocycles. The van der Waals surface area contributed by atoms with E-state index in [1.54, 1.807) is 4.90 Å². The highest BCUT2D eigenvalue weighted by molar-refractivity contribution is 7.15. The zero-order chi connectivity index (χ0) is 19.6. The predicted octanol–water partition coefficient (Wildman–Crippen LogP) is 4.05. The Morgan fingerprint density at radius 3 is 2.70 bits per heavy atom. The summed E-state index contributed by atoms with van der Waals surface area (Å²) in [4.78, 5) is 26.8. The van der Waals surface area contributed by atoms with Crippen molar-refractivity contribution in [1.82, 2.24) is 10.2 Å². The Hall–Kier alpha value is -2.28. The average molecular weight is 387 g/mol. The van der Waals surface area contributed by atoms with Crippen molar-refractivity contribution in [2.75, 3.05) is 16.8 Å². The van der Waals surface area contributed by atoms with E-state index in [-0.39, 0.29) is 24.2 Å². The molecule has 6 nitrogen and oxygen atoms in total. The normalized spacial score (nSPS) is 17.0. The van der Waals surface area contributed by atoms with Crippen molar-refractivity contribution in [3.8, 4) is 0 Å². The first-order valence-corrected chi connectivity index (χ1v) is 10.3. The van der Waals surface area contributed by atoms with Gasteiger partial charge in [-0.1, -0.05) is 42.9 Å². The predicted molar refractivity (Wildman–Crippen MR) is 108 cm³/mol. The minimum absolute atomic E-state index is 0.0166. The molecule has 7 heteroatoms. The number of nitrogens with one attached hydrogen (secondary N) is 1. The van der Waals surface area contributed by atoms with Crippen LogP contribution in [0.25, 0.3) is 0 Å². The van der Waals surface area contributed by atoms with Crippen molar-refractivity contribution in [3.63, 3.8) is 0 Å². The maximum absolute atomic E-state index is 12.6. The van der Waals surface area contributed by atoms with Crippen LogP contribution in [0.15, 0.2) is 18.2 Å². The average Bonchev–Trinajstić information content (AvgIpc) is 3.23. The van der Waals surface area contributed by atoms with E-state index in [1.165, 1.54) is 11.3 Å². The number of amides is 2. The van der Waals surface area contributed by atoms with Crippen LogP contribution in [0.2, 0.25) is 0 Å². The van der Waals surface area contributed by atoms with Crippen LogP contribution in [0, 0.1) is 19.8 Å². The van der Waals surface area contributed by atoms with Crippen molar-refractivity contribution in [2.24, 2.45) is 5.92 Å². The molecule has 1 aromatic heterocycles. The first-order chi connectivity index (χ1) is 12.9. The number of benzene rings is 1. The SMILES string of the molecule is CCC(CC)c1nnc(NC(=O)C2CC(=O)N(c3ccc(C)cc3C)C2)s1. The molecule has 1 aliphatic heterocycles. The summed E-state index contributed by atoms with van der Waals surface area (Å²) >= 11 is 1.43. The lowest BCUT2D eigenvalue weighted by molar-refractivity contribution is -0.122. The second-order valence-electron chi connectivity index (χ2n) is 7.14. The number of anilines is 2. The minimum atomic E-state index is -0.376. The quantitative estimate of drug-likeness (QED) is 0.813. The van der Waals surface area contributed by atoms with Gasteiger partial charge in [0.2, 0.25) is 16.9 Å². The maximum atomic E-state index is 12.6. The molecule has 144 valence electrons. The largest absolute Gasteiger partial charge is 0.311 e. The van der Waals surface area contributed by atoms with Gasteiger partial charge in [0.1, 0.15) is 5.01 Å². The molecule has 1 unspecified atom stereocenters. The van der Waals surface area contributed by atoms with Crippen molar-refractivity contribution < 1.29 is 9.59 Å². The van der Waals surface area contributed by atoms with Crippen molar-refractivity contribution in [1.29, 1.82) is 0 Å². The smallest absolute Gasteiger partial charge is 0.231 e. The topological polar surface area (TPSA) is 75.2 Å². The van der Waals surface area contributed by atoms with Crippen LogP contribution < -0.4 is 10.2 Å². The van der Waals surface area contributed by atoms with E-state index in [0.29, 0.717) is 17.6 Å². The van der Waals surface area contributed by atoms with E-state index in [1.807, 2.05) is 26.0 Å². The van der Waals surface area contributed by atoms with Gasteiger partial charge in [-0.3, -0.25) is 9.59 Å². The lowest BCUT2D eigenvalue weighted by Gasteiger charge is -2.19. The molecule has 0 saturated carbocycles. The molecule has 0 radical (unpaired) electrons. The molecule has 1 aromatic carbocycles. The Labute approximate surface area is 164 Å². The Morgan fingerprint density at radius 2 is 2.04 bits per heavy atom. The highest BCUT2D eigenvalue weighted by Crippen LogP contribution is 2.31. The molecule has 1 aliphatic rings. The van der Waals surface area contributed by atoms with Crippen LogP contribution in [0.4, 0.5) is 10.8 Å². The second-order valence-corrected chi connectivity index (χ2v) is 8.15. The zero-order valence-electron chi connectivity index (χ0n) is 16.3. The van der Waals surface area contributed by atoms with Gasteiger partial charge in [-0.05, 0) is 38.3 Å². The summed E-state index contributed by atoms with van der Waals surface area (Å²) in [6.07, 6.45) is 2.22. The standard InChI is InChI=1S/C20H26N4O2S/c1-5-14(6-2)19-22-23-20(27-19)21-18(26)15-10-17(25)24(11-15)16-8-7-12(3)9-13(16)4/h7-9,14-15H,5-6,10-11H2,1-4H3,(H,21,23,26). The summed E-state index contributed by atoms with van der Waals surface area (Å²) in [5, 5.41) is 12.6. The Balaban J connectivity index is 1.67. The molecule has 1 N–H and O–H groups in total. The Bertz CT molecular complexity index is 844. The Morgan fingerprint density at radius 1 is 1.30 bits per heavy atom. The molecule has 27 heavy (non-hydrogen) atoms. The monoisotopic (exact) mass is 386 g/mol. The van der Waals surface area contributed by atoms with Gasteiger partial charge in [0, 0.05) is 24.6 Å². The summed E-state index contributed by atoms with van der Waals surface area (Å²) in [7, 11) is 0. The molecule has 0 spiro atoms. The fraction of sp³-hybridized carbons (Fsp3) is 0.500. The van der Waals surface area contributed by atoms with E-state index in [4.69, 9.17) is 0 Å². The van der Waals surface area contributed by atoms with Crippen LogP contribution in [-0.4, -0.2) is 28.6 Å². The summed E-state index contributed by atoms with van der Waals surface area (Å²) in [6, 6.07) is 6.00. The molecule has 0 aliphatic carbocycles. The van der Waals surface area contributed by atoms with Gasteiger partial charge in [0.15, 0.2) is 0 Å². The molecule has 1 saturated heterocycles. The van der Waals surface area contributed by atoms with Crippen molar-refractivity contribution in [3.05, 3.63) is 34.3 Å². The molecule has 1 atom stereocenters. The molecule has 3 rings (SSSR count). The molecule has 2 aromatic rings. The number of hydrogen-bond acceptors (Lipinski definition) is 5. The highest BCUT2D eigenvalue weighted by Gasteiger charge is 2.36. The maximum Gasteiger partial charge on any atom is 0.231 e. The van der Waals surface area contributed by atoms with E-state index >= 15 is 0 Å². The summed E-state index contributed by atoms with van der Waals surface area (Å²) in [6.45, 7) is 8.66. The number of nitrogens with zero attached hydrogens (tertiary/aromatic N) is 3.